The van der Waals surface area contributed by atoms with Gasteiger partial charge in [-0.05, 0) is 0 Å². The first-order valence-corrected chi connectivity index (χ1v) is 9.17. The summed E-state index contributed by atoms with van der Waals surface area (Å²) in [6.45, 7) is 6.66. The molecule has 4 rings (SSSR count). The summed E-state index contributed by atoms with van der Waals surface area (Å²) in [5.41, 5.74) is 2.71. The van der Waals surface area contributed by atoms with Crippen LogP contribution in [0.4, 0.5) is 5.13 Å². The Labute approximate surface area is 144 Å². The predicted octanol–water partition coefficient (Wildman–Crippen LogP) is 0.432. The maximum Gasteiger partial charge on any atom is 0.274 e. The minimum atomic E-state index is 0.0300. The summed E-state index contributed by atoms with van der Waals surface area (Å²) in [7, 11) is 0. The van der Waals surface area contributed by atoms with Gasteiger partial charge in [0.25, 0.3) is 5.91 Å². The molecule has 9 heteroatoms. The number of aromatic amines is 1. The number of carbonyl (C=O) groups excluding carboxylic acids is 1. The summed E-state index contributed by atoms with van der Waals surface area (Å²) in [6.07, 6.45) is 1.76. The Hall–Kier alpha value is -2.00. The average Bonchev–Trinajstić information content (AvgIpc) is 3.28. The SMILES string of the molecule is CCc1nsc(N2CCN(C(=O)c3n[nH]c4c3CNCC4)CC2)n1. The quantitative estimate of drug-likeness (QED) is 0.837. The van der Waals surface area contributed by atoms with E-state index in [2.05, 4.69) is 36.7 Å². The molecule has 1 amide bonds. The Morgan fingerprint density at radius 2 is 2.12 bits per heavy atom. The van der Waals surface area contributed by atoms with Gasteiger partial charge in [-0.15, -0.1) is 0 Å². The molecule has 0 radical (unpaired) electrons. The number of amides is 1. The number of piperazine rings is 1. The first-order valence-electron chi connectivity index (χ1n) is 8.40. The van der Waals surface area contributed by atoms with Gasteiger partial charge in [0.1, 0.15) is 5.82 Å². The molecule has 1 saturated heterocycles. The third-order valence-corrected chi connectivity index (χ3v) is 5.43. The Morgan fingerprint density at radius 1 is 1.29 bits per heavy atom. The number of aromatic nitrogens is 4. The molecule has 0 spiro atoms. The van der Waals surface area contributed by atoms with Crippen molar-refractivity contribution < 1.29 is 4.79 Å². The number of fused-ring (bicyclic) bond motifs is 1. The molecule has 128 valence electrons. The van der Waals surface area contributed by atoms with Crippen LogP contribution >= 0.6 is 11.5 Å². The van der Waals surface area contributed by atoms with Crippen LogP contribution in [0.2, 0.25) is 0 Å². The molecular weight excluding hydrogens is 326 g/mol. The van der Waals surface area contributed by atoms with E-state index in [1.807, 2.05) is 4.90 Å². The lowest BCUT2D eigenvalue weighted by Gasteiger charge is -2.34. The van der Waals surface area contributed by atoms with Crippen LogP contribution in [0.1, 0.15) is 34.5 Å². The lowest BCUT2D eigenvalue weighted by Crippen LogP contribution is -2.49. The molecule has 2 aliphatic heterocycles. The van der Waals surface area contributed by atoms with Gasteiger partial charge >= 0.3 is 0 Å². The third kappa shape index (κ3) is 2.78. The van der Waals surface area contributed by atoms with Crippen molar-refractivity contribution in [1.82, 2.24) is 29.8 Å². The lowest BCUT2D eigenvalue weighted by molar-refractivity contribution is 0.0739. The fraction of sp³-hybridized carbons (Fsp3) is 0.600. The zero-order valence-electron chi connectivity index (χ0n) is 13.7. The van der Waals surface area contributed by atoms with E-state index >= 15 is 0 Å². The highest BCUT2D eigenvalue weighted by molar-refractivity contribution is 7.09. The zero-order valence-corrected chi connectivity index (χ0v) is 14.5. The number of carbonyl (C=O) groups is 1. The van der Waals surface area contributed by atoms with E-state index in [0.717, 1.165) is 61.2 Å². The molecule has 4 heterocycles. The normalized spacial score (nSPS) is 17.9. The highest BCUT2D eigenvalue weighted by atomic mass is 32.1. The van der Waals surface area contributed by atoms with Crippen molar-refractivity contribution >= 4 is 22.6 Å². The minimum absolute atomic E-state index is 0.0300. The number of nitrogens with one attached hydrogen (secondary N) is 2. The summed E-state index contributed by atoms with van der Waals surface area (Å²) < 4.78 is 4.34. The van der Waals surface area contributed by atoms with Crippen molar-refractivity contribution in [3.8, 4) is 0 Å². The van der Waals surface area contributed by atoms with E-state index in [-0.39, 0.29) is 5.91 Å². The number of anilines is 1. The number of H-pyrrole nitrogens is 1. The van der Waals surface area contributed by atoms with Crippen LogP contribution in [-0.4, -0.2) is 63.1 Å². The number of nitrogens with zero attached hydrogens (tertiary/aromatic N) is 5. The molecule has 0 saturated carbocycles. The Kier molecular flexibility index (Phi) is 4.19. The van der Waals surface area contributed by atoms with Gasteiger partial charge in [-0.1, -0.05) is 6.92 Å². The van der Waals surface area contributed by atoms with E-state index in [0.29, 0.717) is 18.8 Å². The second-order valence-corrected chi connectivity index (χ2v) is 6.81. The molecule has 0 aromatic carbocycles. The van der Waals surface area contributed by atoms with Crippen LogP contribution in [0.25, 0.3) is 0 Å². The van der Waals surface area contributed by atoms with Crippen molar-refractivity contribution in [2.24, 2.45) is 0 Å². The van der Waals surface area contributed by atoms with Crippen LogP contribution < -0.4 is 10.2 Å². The maximum absolute atomic E-state index is 12.8. The number of aryl methyl sites for hydroxylation is 1. The lowest BCUT2D eigenvalue weighted by atomic mass is 10.1. The highest BCUT2D eigenvalue weighted by Gasteiger charge is 2.28. The first-order chi connectivity index (χ1) is 11.8. The van der Waals surface area contributed by atoms with Crippen molar-refractivity contribution in [2.45, 2.75) is 26.3 Å². The van der Waals surface area contributed by atoms with E-state index < -0.39 is 0 Å². The van der Waals surface area contributed by atoms with Crippen molar-refractivity contribution in [3.05, 3.63) is 22.8 Å². The van der Waals surface area contributed by atoms with Gasteiger partial charge in [-0.3, -0.25) is 9.89 Å². The molecule has 2 N–H and O–H groups in total. The Morgan fingerprint density at radius 3 is 2.88 bits per heavy atom. The summed E-state index contributed by atoms with van der Waals surface area (Å²) in [5, 5.41) is 11.6. The van der Waals surface area contributed by atoms with Gasteiger partial charge in [0.15, 0.2) is 5.69 Å². The van der Waals surface area contributed by atoms with Crippen LogP contribution in [0.5, 0.6) is 0 Å². The van der Waals surface area contributed by atoms with Gasteiger partial charge in [0.2, 0.25) is 5.13 Å². The molecule has 8 nitrogen and oxygen atoms in total. The van der Waals surface area contributed by atoms with Gasteiger partial charge in [0.05, 0.1) is 0 Å². The first kappa shape index (κ1) is 15.5. The fourth-order valence-corrected chi connectivity index (χ4v) is 3.97. The number of hydrogen-bond donors (Lipinski definition) is 2. The van der Waals surface area contributed by atoms with E-state index in [9.17, 15) is 4.79 Å². The van der Waals surface area contributed by atoms with Crippen molar-refractivity contribution in [2.75, 3.05) is 37.6 Å². The molecule has 0 aliphatic carbocycles. The zero-order chi connectivity index (χ0) is 16.5. The highest BCUT2D eigenvalue weighted by Crippen LogP contribution is 2.21. The number of hydrogen-bond acceptors (Lipinski definition) is 7. The van der Waals surface area contributed by atoms with Crippen LogP contribution in [0, 0.1) is 0 Å². The second kappa shape index (κ2) is 6.48. The topological polar surface area (TPSA) is 90.0 Å². The maximum atomic E-state index is 12.8. The molecule has 0 atom stereocenters. The summed E-state index contributed by atoms with van der Waals surface area (Å²) in [6, 6.07) is 0. The molecule has 2 aromatic heterocycles. The Bertz CT molecular complexity index is 732. The largest absolute Gasteiger partial charge is 0.343 e. The van der Waals surface area contributed by atoms with Gasteiger partial charge in [-0.2, -0.15) is 9.47 Å². The van der Waals surface area contributed by atoms with Crippen LogP contribution in [0.3, 0.4) is 0 Å². The second-order valence-electron chi connectivity index (χ2n) is 6.08. The van der Waals surface area contributed by atoms with Gasteiger partial charge < -0.3 is 15.1 Å². The Balaban J connectivity index is 1.42. The summed E-state index contributed by atoms with van der Waals surface area (Å²) in [4.78, 5) is 21.4. The predicted molar refractivity (Wildman–Crippen MR) is 91.4 cm³/mol. The number of rotatable bonds is 3. The molecule has 2 aliphatic rings. The fourth-order valence-electron chi connectivity index (χ4n) is 3.17. The van der Waals surface area contributed by atoms with Crippen LogP contribution in [-0.2, 0) is 19.4 Å². The van der Waals surface area contributed by atoms with E-state index in [1.54, 1.807) is 0 Å². The van der Waals surface area contributed by atoms with Crippen molar-refractivity contribution in [1.29, 1.82) is 0 Å². The smallest absolute Gasteiger partial charge is 0.274 e. The molecule has 0 bridgehead atoms. The van der Waals surface area contributed by atoms with E-state index in [1.165, 1.54) is 11.5 Å². The van der Waals surface area contributed by atoms with Gasteiger partial charge in [0, 0.05) is 74.9 Å². The summed E-state index contributed by atoms with van der Waals surface area (Å²) in [5.74, 6) is 0.923. The molecule has 0 unspecified atom stereocenters. The minimum Gasteiger partial charge on any atom is -0.343 e. The summed E-state index contributed by atoms with van der Waals surface area (Å²) >= 11 is 1.44. The van der Waals surface area contributed by atoms with E-state index in [4.69, 9.17) is 0 Å². The molecular formula is C15H21N7OS. The monoisotopic (exact) mass is 347 g/mol. The van der Waals surface area contributed by atoms with Crippen LogP contribution in [0.15, 0.2) is 0 Å². The van der Waals surface area contributed by atoms with Gasteiger partial charge in [-0.25, -0.2) is 4.98 Å². The molecule has 1 fully saturated rings. The van der Waals surface area contributed by atoms with Crippen molar-refractivity contribution in [3.63, 3.8) is 0 Å². The molecule has 2 aromatic rings. The third-order valence-electron chi connectivity index (χ3n) is 4.62. The standard InChI is InChI=1S/C15H21N7OS/c1-2-12-17-15(24-20-12)22-7-5-21(6-8-22)14(23)13-10-9-16-4-3-11(10)18-19-13/h16H,2-9H2,1H3,(H,18,19). The average molecular weight is 347 g/mol. The molecule has 24 heavy (non-hydrogen) atoms.